The van der Waals surface area contributed by atoms with E-state index in [4.69, 9.17) is 0 Å². The molecule has 0 saturated heterocycles. The zero-order valence-corrected chi connectivity index (χ0v) is 20.0. The summed E-state index contributed by atoms with van der Waals surface area (Å²) in [6, 6.07) is 0. The number of nitrogens with one attached hydrogen (secondary N) is 1. The van der Waals surface area contributed by atoms with Gasteiger partial charge in [0.25, 0.3) is 0 Å². The molecule has 0 atom stereocenters. The van der Waals surface area contributed by atoms with Crippen LogP contribution in [0.4, 0.5) is 0 Å². The van der Waals surface area contributed by atoms with Gasteiger partial charge in [0.1, 0.15) is 0 Å². The van der Waals surface area contributed by atoms with Gasteiger partial charge in [-0.15, -0.1) is 6.54 Å². The van der Waals surface area contributed by atoms with Crippen molar-refractivity contribution in [3.8, 4) is 0 Å². The molecule has 1 nitrogen and oxygen atoms in total. The van der Waals surface area contributed by atoms with Crippen LogP contribution < -0.4 is 5.32 Å². The van der Waals surface area contributed by atoms with Crippen molar-refractivity contribution in [2.45, 2.75) is 0 Å². The van der Waals surface area contributed by atoms with E-state index >= 15 is 0 Å². The van der Waals surface area contributed by atoms with Gasteiger partial charge in [-0.1, -0.05) is 0 Å². The van der Waals surface area contributed by atoms with E-state index in [2.05, 4.69) is 12.2 Å². The third-order valence-electron chi connectivity index (χ3n) is 0.250. The van der Waals surface area contributed by atoms with Gasteiger partial charge >= 0.3 is 0 Å². The van der Waals surface area contributed by atoms with Crippen molar-refractivity contribution >= 4 is 0 Å². The van der Waals surface area contributed by atoms with E-state index in [1.54, 1.807) is 0 Å². The molecule has 0 rings (SSSR count). The zero-order chi connectivity index (χ0) is 3.41. The summed E-state index contributed by atoms with van der Waals surface area (Å²) in [4.78, 5) is 0. The van der Waals surface area contributed by atoms with E-state index in [0.29, 0.717) is 0 Å². The van der Waals surface area contributed by atoms with Crippen molar-refractivity contribution in [3.05, 3.63) is 6.92 Å². The van der Waals surface area contributed by atoms with Crippen LogP contribution in [0.2, 0.25) is 0 Å². The predicted octanol–water partition coefficient (Wildman–Crippen LogP) is 0.0274. The van der Waals surface area contributed by atoms with Gasteiger partial charge in [0.15, 0.2) is 0 Å². The maximum absolute atomic E-state index is 3.49. The molecule has 0 aliphatic rings. The minimum Gasteiger partial charge on any atom is -0.349 e. The molecule has 0 aromatic heterocycles. The largest absolute Gasteiger partial charge is 0.349 e. The number of hydrogen-bond acceptors (Lipinski definition) is 1. The molecule has 0 saturated carbocycles. The topological polar surface area (TPSA) is 12.0 Å². The molecule has 0 fully saturated rings. The first-order valence-corrected chi connectivity index (χ1v) is 1.35. The Kier molecular flexibility index (Phi) is 153. The first-order chi connectivity index (χ1) is 1.91. The van der Waals surface area contributed by atoms with Crippen LogP contribution in [-0.4, -0.2) is 13.6 Å². The number of hydrogen-bond donors (Lipinski definition) is 1. The second-order valence-electron chi connectivity index (χ2n) is 0.604. The van der Waals surface area contributed by atoms with E-state index in [9.17, 15) is 0 Å². The van der Waals surface area contributed by atoms with Gasteiger partial charge in [-0.05, 0) is 7.05 Å². The molecule has 0 bridgehead atoms. The summed E-state index contributed by atoms with van der Waals surface area (Å²) in [5.74, 6) is 0. The molecule has 9 heavy (non-hydrogen) atoms. The summed E-state index contributed by atoms with van der Waals surface area (Å²) < 4.78 is 0. The van der Waals surface area contributed by atoms with Crippen LogP contribution in [0, 0.1) is 6.92 Å². The van der Waals surface area contributed by atoms with E-state index in [1.807, 2.05) is 7.05 Å². The molecule has 0 aliphatic heterocycles. The third kappa shape index (κ3) is 42.3. The van der Waals surface area contributed by atoms with Crippen molar-refractivity contribution < 1.29 is 164 Å². The standard InChI is InChI=1S/C3H8N.5Y/c1-3-4-2;;;;;/h4H,1,3H2,2H3;;;;;/q-1;;;;;. The van der Waals surface area contributed by atoms with E-state index in [-0.39, 0.29) is 164 Å². The second kappa shape index (κ2) is 37.5. The molecular formula is C3H8NY5-. The molecule has 6 heteroatoms. The summed E-state index contributed by atoms with van der Waals surface area (Å²) in [5.41, 5.74) is 0. The molecule has 0 aliphatic carbocycles. The first-order valence-electron chi connectivity index (χ1n) is 1.35. The fourth-order valence-electron chi connectivity index (χ4n) is 0. The molecule has 0 aromatic rings. The van der Waals surface area contributed by atoms with Gasteiger partial charge in [0.2, 0.25) is 0 Å². The van der Waals surface area contributed by atoms with Crippen molar-refractivity contribution in [2.75, 3.05) is 13.6 Å². The van der Waals surface area contributed by atoms with Crippen molar-refractivity contribution in [1.29, 1.82) is 0 Å². The third-order valence-corrected chi connectivity index (χ3v) is 0.250. The minimum absolute atomic E-state index is 0. The fourth-order valence-corrected chi connectivity index (χ4v) is 0. The Morgan fingerprint density at radius 2 is 1.11 bits per heavy atom. The van der Waals surface area contributed by atoms with Crippen molar-refractivity contribution in [3.63, 3.8) is 0 Å². The Labute approximate surface area is 184 Å². The second-order valence-corrected chi connectivity index (χ2v) is 0.604. The molecule has 0 spiro atoms. The van der Waals surface area contributed by atoms with Crippen LogP contribution in [0.15, 0.2) is 0 Å². The maximum atomic E-state index is 3.49. The van der Waals surface area contributed by atoms with Gasteiger partial charge in [0.05, 0.1) is 0 Å². The summed E-state index contributed by atoms with van der Waals surface area (Å²) in [5, 5.41) is 2.82. The Balaban J connectivity index is -0.00000000450. The van der Waals surface area contributed by atoms with Gasteiger partial charge in [-0.3, -0.25) is 0 Å². The summed E-state index contributed by atoms with van der Waals surface area (Å²) in [6.45, 7) is 4.31. The molecule has 0 aromatic carbocycles. The molecule has 0 unspecified atom stereocenters. The van der Waals surface area contributed by atoms with Crippen LogP contribution >= 0.6 is 0 Å². The summed E-state index contributed by atoms with van der Waals surface area (Å²) in [7, 11) is 1.87. The minimum atomic E-state index is 0. The zero-order valence-electron chi connectivity index (χ0n) is 5.80. The van der Waals surface area contributed by atoms with Gasteiger partial charge in [-0.2, -0.15) is 0 Å². The molecule has 0 amide bonds. The van der Waals surface area contributed by atoms with Crippen molar-refractivity contribution in [2.24, 2.45) is 0 Å². The van der Waals surface area contributed by atoms with Gasteiger partial charge in [0, 0.05) is 164 Å². The SMILES string of the molecule is [CH2-]CNC.[Y].[Y].[Y].[Y].[Y]. The molecule has 0 heterocycles. The molecular weight excluding hydrogens is 495 g/mol. The van der Waals surface area contributed by atoms with Crippen LogP contribution in [0.25, 0.3) is 0 Å². The molecule has 5 radical (unpaired) electrons. The predicted molar refractivity (Wildman–Crippen MR) is 19.3 cm³/mol. The van der Waals surface area contributed by atoms with Gasteiger partial charge in [-0.25, -0.2) is 0 Å². The average molecular weight is 503 g/mol. The van der Waals surface area contributed by atoms with Crippen LogP contribution in [0.5, 0.6) is 0 Å². The summed E-state index contributed by atoms with van der Waals surface area (Å²) >= 11 is 0. The quantitative estimate of drug-likeness (QED) is 0.499. The van der Waals surface area contributed by atoms with Crippen molar-refractivity contribution in [1.82, 2.24) is 5.32 Å². The normalized spacial score (nSPS) is 3.33. The van der Waals surface area contributed by atoms with E-state index in [0.717, 1.165) is 6.54 Å². The van der Waals surface area contributed by atoms with Crippen LogP contribution in [0.1, 0.15) is 0 Å². The summed E-state index contributed by atoms with van der Waals surface area (Å²) in [6.07, 6.45) is 0. The van der Waals surface area contributed by atoms with Crippen LogP contribution in [0.3, 0.4) is 0 Å². The Bertz CT molecular complexity index is 14.2. The Morgan fingerprint density at radius 1 is 1.00 bits per heavy atom. The maximum Gasteiger partial charge on any atom is 0 e. The average Bonchev–Trinajstić information content (AvgIpc) is 1.37. The van der Waals surface area contributed by atoms with E-state index in [1.165, 1.54) is 0 Å². The van der Waals surface area contributed by atoms with Crippen LogP contribution in [-0.2, 0) is 164 Å². The Hall–Kier alpha value is 5.48. The monoisotopic (exact) mass is 503 g/mol. The molecule has 41 valence electrons. The molecule has 1 N–H and O–H groups in total. The smallest absolute Gasteiger partial charge is 0 e. The fraction of sp³-hybridized carbons (Fsp3) is 0.667. The Morgan fingerprint density at radius 3 is 1.11 bits per heavy atom. The first kappa shape index (κ1) is 36.6. The van der Waals surface area contributed by atoms with Gasteiger partial charge < -0.3 is 12.2 Å². The number of rotatable bonds is 1. The van der Waals surface area contributed by atoms with E-state index < -0.39 is 0 Å².